The Morgan fingerprint density at radius 1 is 1.24 bits per heavy atom. The number of β-lactam (4-membered cyclic amide) rings is 1. The number of carbonyl (C=O) groups is 4. The molecule has 0 aliphatic carbocycles. The molecule has 1 aromatic carbocycles. The SMILES string of the molecule is CC(=O)OCC1(C(=O)OCC(Cl)(Cl)Cl)CN2C(=O)C(N(C(C)=O)c3occ4ccccc34)[C@H]2SC1=CCl. The lowest BCUT2D eigenvalue weighted by Crippen LogP contribution is -2.74. The maximum Gasteiger partial charge on any atom is 0.322 e. The van der Waals surface area contributed by atoms with Crippen LogP contribution in [0.3, 0.4) is 0 Å². The van der Waals surface area contributed by atoms with Crippen molar-refractivity contribution < 1.29 is 33.1 Å². The zero-order valence-electron chi connectivity index (χ0n) is 19.4. The Labute approximate surface area is 235 Å². The number of nitrogens with zero attached hydrogens (tertiary/aromatic N) is 2. The smallest absolute Gasteiger partial charge is 0.322 e. The molecule has 2 unspecified atom stereocenters. The molecular weight excluding hydrogens is 590 g/mol. The van der Waals surface area contributed by atoms with Crippen molar-refractivity contribution in [3.8, 4) is 0 Å². The van der Waals surface area contributed by atoms with Gasteiger partial charge < -0.3 is 18.8 Å². The minimum absolute atomic E-state index is 0.233. The third-order valence-corrected chi connectivity index (χ3v) is 8.17. The average molecular weight is 610 g/mol. The number of halogens is 4. The van der Waals surface area contributed by atoms with E-state index in [2.05, 4.69) is 0 Å². The summed E-state index contributed by atoms with van der Waals surface area (Å²) in [7, 11) is 0. The van der Waals surface area contributed by atoms with Crippen LogP contribution in [0.5, 0.6) is 0 Å². The predicted octanol–water partition coefficient (Wildman–Crippen LogP) is 4.61. The van der Waals surface area contributed by atoms with Crippen molar-refractivity contribution in [3.63, 3.8) is 0 Å². The van der Waals surface area contributed by atoms with Gasteiger partial charge in [-0.15, -0.1) is 11.8 Å². The van der Waals surface area contributed by atoms with Crippen LogP contribution in [0.2, 0.25) is 0 Å². The lowest BCUT2D eigenvalue weighted by molar-refractivity contribution is -0.166. The van der Waals surface area contributed by atoms with Crippen LogP contribution in [0.4, 0.5) is 5.88 Å². The van der Waals surface area contributed by atoms with Crippen LogP contribution < -0.4 is 4.90 Å². The number of thioether (sulfide) groups is 1. The molecule has 2 saturated heterocycles. The molecule has 2 aliphatic heterocycles. The van der Waals surface area contributed by atoms with Crippen molar-refractivity contribution in [1.82, 2.24) is 4.90 Å². The Balaban J connectivity index is 1.67. The molecule has 3 heterocycles. The van der Waals surface area contributed by atoms with Crippen LogP contribution in [0.1, 0.15) is 13.8 Å². The lowest BCUT2D eigenvalue weighted by atomic mass is 9.85. The van der Waals surface area contributed by atoms with Gasteiger partial charge in [0.1, 0.15) is 30.9 Å². The van der Waals surface area contributed by atoms with E-state index < -0.39 is 57.6 Å². The van der Waals surface area contributed by atoms with Crippen LogP contribution in [0.25, 0.3) is 10.8 Å². The van der Waals surface area contributed by atoms with E-state index in [1.54, 1.807) is 12.1 Å². The van der Waals surface area contributed by atoms with Gasteiger partial charge in [-0.2, -0.15) is 0 Å². The second kappa shape index (κ2) is 10.6. The molecule has 2 aromatic rings. The van der Waals surface area contributed by atoms with E-state index in [-0.39, 0.29) is 17.3 Å². The summed E-state index contributed by atoms with van der Waals surface area (Å²) >= 11 is 24.4. The van der Waals surface area contributed by atoms with Crippen molar-refractivity contribution in [2.24, 2.45) is 5.41 Å². The average Bonchev–Trinajstić information content (AvgIpc) is 3.26. The predicted molar refractivity (Wildman–Crippen MR) is 141 cm³/mol. The number of hydrogen-bond acceptors (Lipinski definition) is 8. The molecule has 14 heteroatoms. The number of rotatable bonds is 6. The molecular formula is C23H20Cl4N2O7S. The highest BCUT2D eigenvalue weighted by Gasteiger charge is 2.62. The molecule has 2 amide bonds. The van der Waals surface area contributed by atoms with Gasteiger partial charge in [0.2, 0.25) is 21.5 Å². The number of anilines is 1. The maximum absolute atomic E-state index is 13.4. The Hall–Kier alpha value is -2.11. The highest BCUT2D eigenvalue weighted by Crippen LogP contribution is 2.53. The Morgan fingerprint density at radius 2 is 1.95 bits per heavy atom. The van der Waals surface area contributed by atoms with E-state index in [0.717, 1.165) is 22.7 Å². The molecule has 198 valence electrons. The number of hydrogen-bond donors (Lipinski definition) is 0. The minimum Gasteiger partial charge on any atom is -0.464 e. The second-order valence-electron chi connectivity index (χ2n) is 8.46. The molecule has 2 aliphatic rings. The number of furan rings is 1. The molecule has 0 spiro atoms. The fourth-order valence-corrected chi connectivity index (χ4v) is 6.21. The molecule has 1 aromatic heterocycles. The Bertz CT molecular complexity index is 1290. The molecule has 2 fully saturated rings. The minimum atomic E-state index is -1.89. The van der Waals surface area contributed by atoms with Gasteiger partial charge in [0, 0.05) is 41.6 Å². The summed E-state index contributed by atoms with van der Waals surface area (Å²) in [5, 5.41) is 0.816. The third kappa shape index (κ3) is 5.27. The first-order chi connectivity index (χ1) is 17.4. The number of amides is 2. The van der Waals surface area contributed by atoms with Gasteiger partial charge in [-0.05, 0) is 6.07 Å². The van der Waals surface area contributed by atoms with E-state index in [1.165, 1.54) is 29.9 Å². The topological polar surface area (TPSA) is 106 Å². The molecule has 0 radical (unpaired) electrons. The van der Waals surface area contributed by atoms with E-state index in [4.69, 9.17) is 60.3 Å². The summed E-state index contributed by atoms with van der Waals surface area (Å²) in [5.74, 6) is -2.17. The highest BCUT2D eigenvalue weighted by atomic mass is 35.6. The standard InChI is InChI=1S/C23H20Cl4N2O7S/c1-12(30)29(19-15-6-4-3-5-14(15)8-34-19)17-18(32)28-9-22(10-35-13(2)31,16(7-24)37-20(17)28)21(33)36-11-23(25,26)27/h3-8,17,20H,9-11H2,1-2H3/t17?,20-,22?/m1/s1. The van der Waals surface area contributed by atoms with Crippen LogP contribution in [0.15, 0.2) is 45.4 Å². The van der Waals surface area contributed by atoms with Gasteiger partial charge in [-0.1, -0.05) is 64.6 Å². The van der Waals surface area contributed by atoms with E-state index >= 15 is 0 Å². The van der Waals surface area contributed by atoms with Crippen molar-refractivity contribution in [3.05, 3.63) is 41.0 Å². The summed E-state index contributed by atoms with van der Waals surface area (Å²) < 4.78 is 14.2. The van der Waals surface area contributed by atoms with Gasteiger partial charge >= 0.3 is 11.9 Å². The summed E-state index contributed by atoms with van der Waals surface area (Å²) in [6, 6.07) is 6.30. The molecule has 0 N–H and O–H groups in total. The summed E-state index contributed by atoms with van der Waals surface area (Å²) in [6.07, 6.45) is 1.50. The zero-order chi connectivity index (χ0) is 27.1. The quantitative estimate of drug-likeness (QED) is 0.265. The van der Waals surface area contributed by atoms with Crippen molar-refractivity contribution in [2.75, 3.05) is 24.7 Å². The summed E-state index contributed by atoms with van der Waals surface area (Å²) in [5.41, 5.74) is -0.508. The fraction of sp³-hybridized carbons (Fsp3) is 0.391. The van der Waals surface area contributed by atoms with Gasteiger partial charge in [0.05, 0.1) is 0 Å². The summed E-state index contributed by atoms with van der Waals surface area (Å²) in [4.78, 5) is 54.0. The number of carbonyl (C=O) groups excluding carboxylic acids is 4. The summed E-state index contributed by atoms with van der Waals surface area (Å²) in [6.45, 7) is 1.22. The first-order valence-corrected chi connectivity index (χ1v) is 13.3. The van der Waals surface area contributed by atoms with Crippen molar-refractivity contribution >= 4 is 98.6 Å². The van der Waals surface area contributed by atoms with Gasteiger partial charge in [-0.3, -0.25) is 24.1 Å². The third-order valence-electron chi connectivity index (χ3n) is 5.98. The maximum atomic E-state index is 13.4. The zero-order valence-corrected chi connectivity index (χ0v) is 23.3. The second-order valence-corrected chi connectivity index (χ2v) is 12.4. The monoisotopic (exact) mass is 608 g/mol. The Kier molecular flexibility index (Phi) is 7.97. The largest absolute Gasteiger partial charge is 0.464 e. The van der Waals surface area contributed by atoms with Gasteiger partial charge in [-0.25, -0.2) is 0 Å². The number of esters is 2. The number of ether oxygens (including phenoxy) is 2. The van der Waals surface area contributed by atoms with E-state index in [1.807, 2.05) is 12.1 Å². The first kappa shape index (κ1) is 27.9. The molecule has 3 atom stereocenters. The van der Waals surface area contributed by atoms with Crippen molar-refractivity contribution in [1.29, 1.82) is 0 Å². The van der Waals surface area contributed by atoms with Gasteiger partial charge in [0.25, 0.3) is 0 Å². The van der Waals surface area contributed by atoms with Crippen LogP contribution >= 0.6 is 58.2 Å². The normalized spacial score (nSPS) is 24.4. The van der Waals surface area contributed by atoms with E-state index in [9.17, 15) is 19.2 Å². The number of benzene rings is 1. The number of fused-ring (bicyclic) bond motifs is 2. The molecule has 0 bridgehead atoms. The van der Waals surface area contributed by atoms with E-state index in [0.29, 0.717) is 5.39 Å². The fourth-order valence-electron chi connectivity index (χ4n) is 4.26. The van der Waals surface area contributed by atoms with Crippen LogP contribution in [-0.2, 0) is 28.7 Å². The molecule has 4 rings (SSSR count). The molecule has 37 heavy (non-hydrogen) atoms. The highest BCUT2D eigenvalue weighted by molar-refractivity contribution is 8.04. The number of alkyl halides is 3. The first-order valence-electron chi connectivity index (χ1n) is 10.8. The van der Waals surface area contributed by atoms with Crippen molar-refractivity contribution in [2.45, 2.75) is 29.1 Å². The van der Waals surface area contributed by atoms with Gasteiger partial charge in [0.15, 0.2) is 5.41 Å². The molecule has 9 nitrogen and oxygen atoms in total. The lowest BCUT2D eigenvalue weighted by Gasteiger charge is -2.56. The molecule has 0 saturated carbocycles. The van der Waals surface area contributed by atoms with Crippen LogP contribution in [-0.4, -0.2) is 63.6 Å². The Morgan fingerprint density at radius 3 is 2.57 bits per heavy atom. The van der Waals surface area contributed by atoms with Crippen LogP contribution in [0, 0.1) is 5.41 Å².